The Labute approximate surface area is 165 Å². The first-order chi connectivity index (χ1) is 13.1. The molecule has 0 saturated heterocycles. The van der Waals surface area contributed by atoms with E-state index < -0.39 is 0 Å². The van der Waals surface area contributed by atoms with Crippen LogP contribution < -0.4 is 14.8 Å². The Bertz CT molecular complexity index is 1000. The molecule has 0 radical (unpaired) electrons. The van der Waals surface area contributed by atoms with Crippen molar-refractivity contribution >= 4 is 28.8 Å². The predicted molar refractivity (Wildman–Crippen MR) is 106 cm³/mol. The summed E-state index contributed by atoms with van der Waals surface area (Å²) in [5.41, 5.74) is 2.56. The largest absolute Gasteiger partial charge is 0.486 e. The molecule has 0 fully saturated rings. The van der Waals surface area contributed by atoms with Crippen molar-refractivity contribution in [3.8, 4) is 22.1 Å². The average molecular weight is 401 g/mol. The van der Waals surface area contributed by atoms with Gasteiger partial charge >= 0.3 is 0 Å². The molecule has 0 bridgehead atoms. The molecule has 4 rings (SSSR count). The number of thiazole rings is 1. The van der Waals surface area contributed by atoms with Crippen LogP contribution in [0.4, 0.5) is 0 Å². The summed E-state index contributed by atoms with van der Waals surface area (Å²) in [5, 5.41) is 4.37. The number of aryl methyl sites for hydroxylation is 1. The zero-order chi connectivity index (χ0) is 18.8. The molecule has 1 N–H and O–H groups in total. The van der Waals surface area contributed by atoms with E-state index in [-0.39, 0.29) is 5.91 Å². The van der Waals surface area contributed by atoms with Crippen molar-refractivity contribution in [3.05, 3.63) is 63.6 Å². The summed E-state index contributed by atoms with van der Waals surface area (Å²) in [6, 6.07) is 13.1. The van der Waals surface area contributed by atoms with Crippen molar-refractivity contribution in [2.75, 3.05) is 13.2 Å². The molecule has 27 heavy (non-hydrogen) atoms. The summed E-state index contributed by atoms with van der Waals surface area (Å²) in [4.78, 5) is 17.7. The van der Waals surface area contributed by atoms with Gasteiger partial charge in [0.15, 0.2) is 11.5 Å². The minimum Gasteiger partial charge on any atom is -0.486 e. The van der Waals surface area contributed by atoms with Gasteiger partial charge in [-0.25, -0.2) is 4.98 Å². The summed E-state index contributed by atoms with van der Waals surface area (Å²) in [5.74, 6) is 1.30. The molecule has 0 atom stereocenters. The highest BCUT2D eigenvalue weighted by Crippen LogP contribution is 2.31. The van der Waals surface area contributed by atoms with Crippen LogP contribution in [0.5, 0.6) is 11.5 Å². The molecule has 5 nitrogen and oxygen atoms in total. The third kappa shape index (κ3) is 3.91. The predicted octanol–water partition coefficient (Wildman–Crippen LogP) is 4.47. The number of carbonyl (C=O) groups excluding carboxylic acids is 1. The number of amides is 1. The maximum atomic E-state index is 12.6. The molecule has 1 aromatic heterocycles. The van der Waals surface area contributed by atoms with Gasteiger partial charge in [-0.05, 0) is 36.8 Å². The van der Waals surface area contributed by atoms with E-state index in [9.17, 15) is 4.79 Å². The Morgan fingerprint density at radius 2 is 2.00 bits per heavy atom. The van der Waals surface area contributed by atoms with Crippen molar-refractivity contribution in [2.24, 2.45) is 0 Å². The Kier molecular flexibility index (Phi) is 5.01. The van der Waals surface area contributed by atoms with Crippen molar-refractivity contribution in [2.45, 2.75) is 13.5 Å². The first-order valence-corrected chi connectivity index (χ1v) is 9.70. The molecule has 138 valence electrons. The molecule has 1 aliphatic rings. The number of nitrogens with zero attached hydrogens (tertiary/aromatic N) is 1. The van der Waals surface area contributed by atoms with Gasteiger partial charge in [0.2, 0.25) is 0 Å². The van der Waals surface area contributed by atoms with Crippen LogP contribution in [0.1, 0.15) is 20.9 Å². The van der Waals surface area contributed by atoms with Crippen LogP contribution in [-0.4, -0.2) is 24.1 Å². The second kappa shape index (κ2) is 7.58. The topological polar surface area (TPSA) is 60.5 Å². The van der Waals surface area contributed by atoms with E-state index in [0.29, 0.717) is 41.1 Å². The number of hydrogen-bond donors (Lipinski definition) is 1. The fourth-order valence-electron chi connectivity index (χ4n) is 2.81. The van der Waals surface area contributed by atoms with Gasteiger partial charge < -0.3 is 14.8 Å². The van der Waals surface area contributed by atoms with Crippen LogP contribution in [0, 0.1) is 6.92 Å². The number of hydrogen-bond acceptors (Lipinski definition) is 5. The number of halogens is 1. The Balaban J connectivity index is 1.47. The molecule has 3 aromatic rings. The number of aromatic nitrogens is 1. The third-order valence-electron chi connectivity index (χ3n) is 4.13. The van der Waals surface area contributed by atoms with Gasteiger partial charge in [0, 0.05) is 17.1 Å². The lowest BCUT2D eigenvalue weighted by Gasteiger charge is -2.18. The molecule has 2 aromatic carbocycles. The van der Waals surface area contributed by atoms with Gasteiger partial charge in [0.1, 0.15) is 23.1 Å². The molecule has 7 heteroatoms. The third-order valence-corrected chi connectivity index (χ3v) is 5.57. The van der Waals surface area contributed by atoms with E-state index in [0.717, 1.165) is 21.9 Å². The second-order valence-corrected chi connectivity index (χ2v) is 7.54. The fourth-order valence-corrected chi connectivity index (χ4v) is 3.98. The van der Waals surface area contributed by atoms with Gasteiger partial charge in [0.05, 0.1) is 5.69 Å². The van der Waals surface area contributed by atoms with E-state index in [1.54, 1.807) is 0 Å². The van der Waals surface area contributed by atoms with E-state index in [2.05, 4.69) is 10.3 Å². The monoisotopic (exact) mass is 400 g/mol. The van der Waals surface area contributed by atoms with E-state index in [1.807, 2.05) is 49.4 Å². The Morgan fingerprint density at radius 3 is 2.81 bits per heavy atom. The van der Waals surface area contributed by atoms with Crippen molar-refractivity contribution in [1.82, 2.24) is 10.3 Å². The highest BCUT2D eigenvalue weighted by molar-refractivity contribution is 7.17. The average Bonchev–Trinajstić information content (AvgIpc) is 3.08. The van der Waals surface area contributed by atoms with Crippen molar-refractivity contribution < 1.29 is 14.3 Å². The first kappa shape index (κ1) is 17.8. The van der Waals surface area contributed by atoms with Crippen LogP contribution in [0.3, 0.4) is 0 Å². The summed E-state index contributed by atoms with van der Waals surface area (Å²) < 4.78 is 11.1. The summed E-state index contributed by atoms with van der Waals surface area (Å²) in [6.45, 7) is 3.33. The molecule has 0 saturated carbocycles. The molecule has 1 aliphatic heterocycles. The Morgan fingerprint density at radius 1 is 1.19 bits per heavy atom. The molecule has 1 amide bonds. The maximum absolute atomic E-state index is 12.6. The Hall–Kier alpha value is -2.57. The van der Waals surface area contributed by atoms with Gasteiger partial charge in [-0.2, -0.15) is 0 Å². The lowest BCUT2D eigenvalue weighted by Crippen LogP contribution is -2.23. The molecule has 0 aliphatic carbocycles. The normalized spacial score (nSPS) is 12.7. The first-order valence-electron chi connectivity index (χ1n) is 8.50. The van der Waals surface area contributed by atoms with E-state index in [4.69, 9.17) is 21.1 Å². The highest BCUT2D eigenvalue weighted by Gasteiger charge is 2.17. The number of nitrogens with one attached hydrogen (secondary N) is 1. The van der Waals surface area contributed by atoms with Crippen LogP contribution in [-0.2, 0) is 6.54 Å². The van der Waals surface area contributed by atoms with Gasteiger partial charge in [-0.1, -0.05) is 29.8 Å². The van der Waals surface area contributed by atoms with Gasteiger partial charge in [-0.15, -0.1) is 11.3 Å². The number of fused-ring (bicyclic) bond motifs is 1. The van der Waals surface area contributed by atoms with E-state index in [1.165, 1.54) is 11.3 Å². The molecule has 0 unspecified atom stereocenters. The number of carbonyl (C=O) groups is 1. The van der Waals surface area contributed by atoms with Crippen LogP contribution >= 0.6 is 22.9 Å². The lowest BCUT2D eigenvalue weighted by molar-refractivity contribution is 0.0954. The standard InChI is InChI=1S/C20H17ClN2O3S/c1-12-18(27-20(23-12)14-3-2-4-15(21)10-14)19(24)22-11-13-5-6-16-17(9-13)26-8-7-25-16/h2-6,9-10H,7-8,11H2,1H3,(H,22,24). The number of benzene rings is 2. The second-order valence-electron chi connectivity index (χ2n) is 6.10. The van der Waals surface area contributed by atoms with Crippen molar-refractivity contribution in [3.63, 3.8) is 0 Å². The van der Waals surface area contributed by atoms with Crippen molar-refractivity contribution in [1.29, 1.82) is 0 Å². The summed E-state index contributed by atoms with van der Waals surface area (Å²) >= 11 is 7.41. The zero-order valence-electron chi connectivity index (χ0n) is 14.6. The molecular formula is C20H17ClN2O3S. The smallest absolute Gasteiger partial charge is 0.263 e. The maximum Gasteiger partial charge on any atom is 0.263 e. The quantitative estimate of drug-likeness (QED) is 0.701. The van der Waals surface area contributed by atoms with Gasteiger partial charge in [0.25, 0.3) is 5.91 Å². The lowest BCUT2D eigenvalue weighted by atomic mass is 10.2. The summed E-state index contributed by atoms with van der Waals surface area (Å²) in [6.07, 6.45) is 0. The van der Waals surface area contributed by atoms with Crippen LogP contribution in [0.25, 0.3) is 10.6 Å². The zero-order valence-corrected chi connectivity index (χ0v) is 16.2. The molecular weight excluding hydrogens is 384 g/mol. The van der Waals surface area contributed by atoms with Crippen LogP contribution in [0.2, 0.25) is 5.02 Å². The minimum absolute atomic E-state index is 0.145. The van der Waals surface area contributed by atoms with Gasteiger partial charge in [-0.3, -0.25) is 4.79 Å². The summed E-state index contributed by atoms with van der Waals surface area (Å²) in [7, 11) is 0. The number of ether oxygens (including phenoxy) is 2. The minimum atomic E-state index is -0.145. The molecule has 0 spiro atoms. The van der Waals surface area contributed by atoms with E-state index >= 15 is 0 Å². The SMILES string of the molecule is Cc1nc(-c2cccc(Cl)c2)sc1C(=O)NCc1ccc2c(c1)OCCO2. The van der Waals surface area contributed by atoms with Crippen LogP contribution in [0.15, 0.2) is 42.5 Å². The fraction of sp³-hybridized carbons (Fsp3) is 0.200. The number of rotatable bonds is 4. The highest BCUT2D eigenvalue weighted by atomic mass is 35.5. The molecule has 2 heterocycles.